The molecular formula is C17H18N2O3. The van der Waals surface area contributed by atoms with Crippen LogP contribution in [0.3, 0.4) is 0 Å². The fraction of sp³-hybridized carbons (Fsp3) is 0.176. The lowest BCUT2D eigenvalue weighted by molar-refractivity contribution is 0.102. The van der Waals surface area contributed by atoms with E-state index in [1.54, 1.807) is 31.2 Å². The quantitative estimate of drug-likeness (QED) is 0.901. The number of hydrogen-bond acceptors (Lipinski definition) is 3. The smallest absolute Gasteiger partial charge is 0.411 e. The summed E-state index contributed by atoms with van der Waals surface area (Å²) in [5, 5.41) is 5.40. The van der Waals surface area contributed by atoms with Gasteiger partial charge >= 0.3 is 6.09 Å². The number of aryl methyl sites for hydroxylation is 1. The summed E-state index contributed by atoms with van der Waals surface area (Å²) in [5.74, 6) is -0.201. The number of ether oxygens (including phenoxy) is 1. The number of hydrogen-bond donors (Lipinski definition) is 2. The lowest BCUT2D eigenvalue weighted by Gasteiger charge is -2.08. The first-order valence-electron chi connectivity index (χ1n) is 7.00. The van der Waals surface area contributed by atoms with Crippen LogP contribution in [0.1, 0.15) is 22.8 Å². The standard InChI is InChI=1S/C17H18N2O3/c1-3-22-17(21)19-14-9-7-13(8-10-14)16(20)18-15-6-4-5-12(2)11-15/h4-11H,3H2,1-2H3,(H,18,20)(H,19,21). The van der Waals surface area contributed by atoms with Crippen LogP contribution in [0.25, 0.3) is 0 Å². The number of nitrogens with one attached hydrogen (secondary N) is 2. The van der Waals surface area contributed by atoms with Crippen molar-refractivity contribution >= 4 is 23.4 Å². The van der Waals surface area contributed by atoms with Crippen molar-refractivity contribution in [2.24, 2.45) is 0 Å². The maximum atomic E-state index is 12.1. The average molecular weight is 298 g/mol. The molecule has 5 nitrogen and oxygen atoms in total. The Morgan fingerprint density at radius 2 is 1.73 bits per heavy atom. The largest absolute Gasteiger partial charge is 0.450 e. The summed E-state index contributed by atoms with van der Waals surface area (Å²) < 4.78 is 4.78. The van der Waals surface area contributed by atoms with Crippen molar-refractivity contribution in [3.05, 3.63) is 59.7 Å². The molecule has 0 aromatic heterocycles. The van der Waals surface area contributed by atoms with Crippen LogP contribution >= 0.6 is 0 Å². The molecule has 0 saturated heterocycles. The summed E-state index contributed by atoms with van der Waals surface area (Å²) in [6, 6.07) is 14.2. The molecule has 2 aromatic rings. The highest BCUT2D eigenvalue weighted by molar-refractivity contribution is 6.04. The van der Waals surface area contributed by atoms with Gasteiger partial charge in [0.05, 0.1) is 6.61 Å². The van der Waals surface area contributed by atoms with Crippen LogP contribution in [0.5, 0.6) is 0 Å². The Hall–Kier alpha value is -2.82. The SMILES string of the molecule is CCOC(=O)Nc1ccc(C(=O)Nc2cccc(C)c2)cc1. The van der Waals surface area contributed by atoms with Crippen molar-refractivity contribution in [3.63, 3.8) is 0 Å². The molecule has 0 fully saturated rings. The summed E-state index contributed by atoms with van der Waals surface area (Å²) in [6.07, 6.45) is -0.514. The van der Waals surface area contributed by atoms with Crippen molar-refractivity contribution in [2.75, 3.05) is 17.2 Å². The van der Waals surface area contributed by atoms with E-state index in [9.17, 15) is 9.59 Å². The maximum absolute atomic E-state index is 12.1. The van der Waals surface area contributed by atoms with E-state index in [-0.39, 0.29) is 5.91 Å². The molecule has 2 N–H and O–H groups in total. The van der Waals surface area contributed by atoms with Gasteiger partial charge < -0.3 is 10.1 Å². The van der Waals surface area contributed by atoms with Gasteiger partial charge in [-0.3, -0.25) is 10.1 Å². The predicted octanol–water partition coefficient (Wildman–Crippen LogP) is 3.82. The predicted molar refractivity (Wildman–Crippen MR) is 86.2 cm³/mol. The first-order chi connectivity index (χ1) is 10.6. The molecule has 22 heavy (non-hydrogen) atoms. The fourth-order valence-corrected chi connectivity index (χ4v) is 1.92. The summed E-state index contributed by atoms with van der Waals surface area (Å²) in [4.78, 5) is 23.4. The van der Waals surface area contributed by atoms with Crippen LogP contribution in [-0.4, -0.2) is 18.6 Å². The maximum Gasteiger partial charge on any atom is 0.411 e. The second kappa shape index (κ2) is 7.26. The normalized spacial score (nSPS) is 9.91. The van der Waals surface area contributed by atoms with Gasteiger partial charge in [0.25, 0.3) is 5.91 Å². The minimum absolute atomic E-state index is 0.201. The van der Waals surface area contributed by atoms with E-state index in [4.69, 9.17) is 4.74 Å². The highest BCUT2D eigenvalue weighted by atomic mass is 16.5. The molecule has 5 heteroatoms. The van der Waals surface area contributed by atoms with Crippen LogP contribution in [0.4, 0.5) is 16.2 Å². The second-order valence-corrected chi connectivity index (χ2v) is 4.75. The third-order valence-corrected chi connectivity index (χ3v) is 2.94. The summed E-state index contributed by atoms with van der Waals surface area (Å²) in [7, 11) is 0. The van der Waals surface area contributed by atoms with Gasteiger partial charge in [0.2, 0.25) is 0 Å². The molecule has 0 aliphatic carbocycles. The first kappa shape index (κ1) is 15.6. The Balaban J connectivity index is 2.00. The average Bonchev–Trinajstić information content (AvgIpc) is 2.48. The van der Waals surface area contributed by atoms with Gasteiger partial charge in [0.15, 0.2) is 0 Å². The van der Waals surface area contributed by atoms with Crippen molar-refractivity contribution in [1.29, 1.82) is 0 Å². The number of anilines is 2. The van der Waals surface area contributed by atoms with E-state index in [0.29, 0.717) is 17.9 Å². The zero-order valence-corrected chi connectivity index (χ0v) is 12.6. The van der Waals surface area contributed by atoms with Gasteiger partial charge in [-0.05, 0) is 55.8 Å². The molecule has 0 aliphatic rings. The molecule has 0 spiro atoms. The molecule has 0 aliphatic heterocycles. The zero-order valence-electron chi connectivity index (χ0n) is 12.6. The number of rotatable bonds is 4. The minimum atomic E-state index is -0.514. The van der Waals surface area contributed by atoms with Gasteiger partial charge in [-0.15, -0.1) is 0 Å². The molecule has 0 saturated carbocycles. The Morgan fingerprint density at radius 3 is 2.36 bits per heavy atom. The molecule has 114 valence electrons. The minimum Gasteiger partial charge on any atom is -0.450 e. The van der Waals surface area contributed by atoms with Crippen LogP contribution in [-0.2, 0) is 4.74 Å². The Kier molecular flexibility index (Phi) is 5.14. The molecule has 2 aromatic carbocycles. The van der Waals surface area contributed by atoms with Crippen LogP contribution < -0.4 is 10.6 Å². The molecule has 0 unspecified atom stereocenters. The van der Waals surface area contributed by atoms with Crippen molar-refractivity contribution in [3.8, 4) is 0 Å². The lowest BCUT2D eigenvalue weighted by atomic mass is 10.1. The van der Waals surface area contributed by atoms with E-state index < -0.39 is 6.09 Å². The molecule has 0 bridgehead atoms. The van der Waals surface area contributed by atoms with Crippen molar-refractivity contribution < 1.29 is 14.3 Å². The second-order valence-electron chi connectivity index (χ2n) is 4.75. The van der Waals surface area contributed by atoms with Gasteiger partial charge in [0.1, 0.15) is 0 Å². The topological polar surface area (TPSA) is 67.4 Å². The fourth-order valence-electron chi connectivity index (χ4n) is 1.92. The highest BCUT2D eigenvalue weighted by Crippen LogP contribution is 2.14. The Bertz CT molecular complexity index is 666. The number of carbonyl (C=O) groups is 2. The monoisotopic (exact) mass is 298 g/mol. The Morgan fingerprint density at radius 1 is 1.00 bits per heavy atom. The van der Waals surface area contributed by atoms with E-state index in [1.807, 2.05) is 31.2 Å². The first-order valence-corrected chi connectivity index (χ1v) is 7.00. The van der Waals surface area contributed by atoms with E-state index in [0.717, 1.165) is 11.3 Å². The van der Waals surface area contributed by atoms with Gasteiger partial charge in [-0.2, -0.15) is 0 Å². The van der Waals surface area contributed by atoms with E-state index >= 15 is 0 Å². The molecule has 0 atom stereocenters. The Labute approximate surface area is 129 Å². The summed E-state index contributed by atoms with van der Waals surface area (Å²) in [6.45, 7) is 4.01. The van der Waals surface area contributed by atoms with Gasteiger partial charge in [0, 0.05) is 16.9 Å². The molecular weight excluding hydrogens is 280 g/mol. The van der Waals surface area contributed by atoms with E-state index in [1.165, 1.54) is 0 Å². The van der Waals surface area contributed by atoms with Crippen LogP contribution in [0.15, 0.2) is 48.5 Å². The van der Waals surface area contributed by atoms with Crippen LogP contribution in [0.2, 0.25) is 0 Å². The molecule has 2 rings (SSSR count). The third-order valence-electron chi connectivity index (χ3n) is 2.94. The number of amides is 2. The van der Waals surface area contributed by atoms with Gasteiger partial charge in [-0.1, -0.05) is 12.1 Å². The number of carbonyl (C=O) groups excluding carboxylic acids is 2. The molecule has 2 amide bonds. The van der Waals surface area contributed by atoms with E-state index in [2.05, 4.69) is 10.6 Å². The van der Waals surface area contributed by atoms with Crippen molar-refractivity contribution in [2.45, 2.75) is 13.8 Å². The zero-order chi connectivity index (χ0) is 15.9. The van der Waals surface area contributed by atoms with Crippen LogP contribution in [0, 0.1) is 6.92 Å². The highest BCUT2D eigenvalue weighted by Gasteiger charge is 2.07. The summed E-state index contributed by atoms with van der Waals surface area (Å²) >= 11 is 0. The lowest BCUT2D eigenvalue weighted by Crippen LogP contribution is -2.14. The third kappa shape index (κ3) is 4.34. The molecule has 0 radical (unpaired) electrons. The van der Waals surface area contributed by atoms with Gasteiger partial charge in [-0.25, -0.2) is 4.79 Å². The number of benzene rings is 2. The summed E-state index contributed by atoms with van der Waals surface area (Å²) in [5.41, 5.74) is 2.91. The molecule has 0 heterocycles. The van der Waals surface area contributed by atoms with Crippen molar-refractivity contribution in [1.82, 2.24) is 0 Å².